The van der Waals surface area contributed by atoms with Gasteiger partial charge in [-0.05, 0) is 24.3 Å². The van der Waals surface area contributed by atoms with E-state index < -0.39 is 0 Å². The molecule has 0 aliphatic rings. The van der Waals surface area contributed by atoms with E-state index >= 15 is 0 Å². The van der Waals surface area contributed by atoms with Crippen LogP contribution in [-0.4, -0.2) is 41.8 Å². The molecule has 2 N–H and O–H groups in total. The van der Waals surface area contributed by atoms with Gasteiger partial charge in [-0.2, -0.15) is 5.26 Å². The maximum Gasteiger partial charge on any atom is 0.256 e. The van der Waals surface area contributed by atoms with E-state index in [1.54, 1.807) is 40.9 Å². The number of H-pyrrole nitrogens is 1. The molecule has 2 aromatic heterocycles. The number of anilines is 1. The maximum atomic E-state index is 12.9. The van der Waals surface area contributed by atoms with Crippen molar-refractivity contribution >= 4 is 17.4 Å². The highest BCUT2D eigenvalue weighted by atomic mass is 16.5. The molecule has 0 atom stereocenters. The van der Waals surface area contributed by atoms with Crippen molar-refractivity contribution in [2.75, 3.05) is 26.6 Å². The molecule has 156 valence electrons. The highest BCUT2D eigenvalue weighted by Gasteiger charge is 2.23. The van der Waals surface area contributed by atoms with Gasteiger partial charge in [-0.15, -0.1) is 0 Å². The Morgan fingerprint density at radius 3 is 2.35 bits per heavy atom. The molecule has 4 aromatic rings. The van der Waals surface area contributed by atoms with E-state index in [1.807, 2.05) is 6.07 Å². The molecule has 0 aliphatic heterocycles. The lowest BCUT2D eigenvalue weighted by atomic mass is 10.1. The van der Waals surface area contributed by atoms with Gasteiger partial charge < -0.3 is 19.5 Å². The van der Waals surface area contributed by atoms with Crippen LogP contribution in [0.3, 0.4) is 0 Å². The van der Waals surface area contributed by atoms with Crippen LogP contribution in [0.25, 0.3) is 16.9 Å². The van der Waals surface area contributed by atoms with E-state index in [2.05, 4.69) is 21.5 Å². The molecular formula is C22H19N5O4. The van der Waals surface area contributed by atoms with Crippen LogP contribution in [0.1, 0.15) is 15.9 Å². The van der Waals surface area contributed by atoms with Crippen LogP contribution in [0, 0.1) is 11.3 Å². The minimum absolute atomic E-state index is 0.316. The number of methoxy groups -OCH3 is 3. The first-order valence-corrected chi connectivity index (χ1v) is 9.28. The zero-order chi connectivity index (χ0) is 22.0. The van der Waals surface area contributed by atoms with Crippen molar-refractivity contribution in [1.82, 2.24) is 14.6 Å². The first-order chi connectivity index (χ1) is 15.1. The fraction of sp³-hybridized carbons (Fsp3) is 0.136. The number of aromatic nitrogens is 3. The second-order valence-electron chi connectivity index (χ2n) is 6.50. The number of nitrogens with zero attached hydrogens (tertiary/aromatic N) is 3. The summed E-state index contributed by atoms with van der Waals surface area (Å²) in [5.41, 5.74) is 2.26. The van der Waals surface area contributed by atoms with Crippen molar-refractivity contribution in [3.05, 3.63) is 59.8 Å². The van der Waals surface area contributed by atoms with Crippen molar-refractivity contribution < 1.29 is 19.0 Å². The highest BCUT2D eigenvalue weighted by Crippen LogP contribution is 2.42. The highest BCUT2D eigenvalue weighted by molar-refractivity contribution is 6.05. The lowest BCUT2D eigenvalue weighted by Crippen LogP contribution is -2.14. The monoisotopic (exact) mass is 417 g/mol. The van der Waals surface area contributed by atoms with Crippen LogP contribution < -0.4 is 19.5 Å². The summed E-state index contributed by atoms with van der Waals surface area (Å²) in [5, 5.41) is 15.3. The zero-order valence-electron chi connectivity index (χ0n) is 17.1. The second-order valence-corrected chi connectivity index (χ2v) is 6.50. The number of benzene rings is 2. The molecule has 0 saturated heterocycles. The van der Waals surface area contributed by atoms with Crippen molar-refractivity contribution in [3.63, 3.8) is 0 Å². The van der Waals surface area contributed by atoms with Gasteiger partial charge in [-0.1, -0.05) is 18.2 Å². The number of nitriles is 1. The SMILES string of the molecule is COc1cc(-c2nc3c(C#N)c[nH]n3c2NC(=O)c2ccccc2)cc(OC)c1OC. The van der Waals surface area contributed by atoms with Crippen molar-refractivity contribution in [1.29, 1.82) is 5.26 Å². The smallest absolute Gasteiger partial charge is 0.256 e. The molecule has 0 saturated carbocycles. The third-order valence-corrected chi connectivity index (χ3v) is 4.78. The van der Waals surface area contributed by atoms with Crippen LogP contribution >= 0.6 is 0 Å². The molecule has 0 radical (unpaired) electrons. The Balaban J connectivity index is 1.90. The Morgan fingerprint density at radius 2 is 1.77 bits per heavy atom. The van der Waals surface area contributed by atoms with Gasteiger partial charge >= 0.3 is 0 Å². The lowest BCUT2D eigenvalue weighted by molar-refractivity contribution is 0.102. The number of carbonyl (C=O) groups excluding carboxylic acids is 1. The molecule has 1 amide bonds. The molecular weight excluding hydrogens is 398 g/mol. The molecule has 0 unspecified atom stereocenters. The summed E-state index contributed by atoms with van der Waals surface area (Å²) < 4.78 is 17.8. The van der Waals surface area contributed by atoms with Crippen LogP contribution in [0.5, 0.6) is 17.2 Å². The van der Waals surface area contributed by atoms with Gasteiger partial charge in [-0.25, -0.2) is 9.50 Å². The number of rotatable bonds is 6. The first-order valence-electron chi connectivity index (χ1n) is 9.28. The number of nitrogens with one attached hydrogen (secondary N) is 2. The molecule has 31 heavy (non-hydrogen) atoms. The number of carbonyl (C=O) groups is 1. The van der Waals surface area contributed by atoms with E-state index in [0.29, 0.717) is 51.1 Å². The topological polar surface area (TPSA) is 114 Å². The Kier molecular flexibility index (Phi) is 5.20. The van der Waals surface area contributed by atoms with Gasteiger partial charge in [0, 0.05) is 17.3 Å². The Hall–Kier alpha value is -4.45. The predicted octanol–water partition coefficient (Wildman–Crippen LogP) is 3.48. The number of imidazole rings is 1. The summed E-state index contributed by atoms with van der Waals surface area (Å²) in [6.07, 6.45) is 1.53. The number of aromatic amines is 1. The van der Waals surface area contributed by atoms with Crippen LogP contribution in [-0.2, 0) is 0 Å². The Bertz CT molecular complexity index is 1280. The van der Waals surface area contributed by atoms with E-state index in [-0.39, 0.29) is 5.91 Å². The van der Waals surface area contributed by atoms with Crippen molar-refractivity contribution in [2.24, 2.45) is 0 Å². The maximum absolute atomic E-state index is 12.9. The number of hydrogen-bond acceptors (Lipinski definition) is 6. The van der Waals surface area contributed by atoms with Gasteiger partial charge in [-0.3, -0.25) is 9.89 Å². The summed E-state index contributed by atoms with van der Waals surface area (Å²) in [5.74, 6) is 1.37. The quantitative estimate of drug-likeness (QED) is 0.497. The molecule has 0 fully saturated rings. The van der Waals surface area contributed by atoms with E-state index in [4.69, 9.17) is 14.2 Å². The molecule has 0 aliphatic carbocycles. The largest absolute Gasteiger partial charge is 0.493 e. The normalized spacial score (nSPS) is 10.5. The van der Waals surface area contributed by atoms with Gasteiger partial charge in [0.25, 0.3) is 5.91 Å². The van der Waals surface area contributed by atoms with Gasteiger partial charge in [0.15, 0.2) is 23.0 Å². The second kappa shape index (κ2) is 8.12. The third kappa shape index (κ3) is 3.40. The number of hydrogen-bond donors (Lipinski definition) is 2. The molecule has 2 heterocycles. The lowest BCUT2D eigenvalue weighted by Gasteiger charge is -2.14. The minimum atomic E-state index is -0.316. The minimum Gasteiger partial charge on any atom is -0.493 e. The Labute approximate surface area is 177 Å². The van der Waals surface area contributed by atoms with Crippen molar-refractivity contribution in [3.8, 4) is 34.6 Å². The molecule has 4 rings (SSSR count). The fourth-order valence-corrected chi connectivity index (χ4v) is 3.31. The molecule has 2 aromatic carbocycles. The van der Waals surface area contributed by atoms with Gasteiger partial charge in [0.2, 0.25) is 5.75 Å². The van der Waals surface area contributed by atoms with Crippen molar-refractivity contribution in [2.45, 2.75) is 0 Å². The number of amides is 1. The van der Waals surface area contributed by atoms with Gasteiger partial charge in [0.05, 0.1) is 21.3 Å². The summed E-state index contributed by atoms with van der Waals surface area (Å²) >= 11 is 0. The molecule has 9 nitrogen and oxygen atoms in total. The molecule has 9 heteroatoms. The van der Waals surface area contributed by atoms with E-state index in [9.17, 15) is 10.1 Å². The fourth-order valence-electron chi connectivity index (χ4n) is 3.31. The average molecular weight is 417 g/mol. The van der Waals surface area contributed by atoms with Crippen LogP contribution in [0.15, 0.2) is 48.7 Å². The zero-order valence-corrected chi connectivity index (χ0v) is 17.1. The van der Waals surface area contributed by atoms with Crippen LogP contribution in [0.2, 0.25) is 0 Å². The third-order valence-electron chi connectivity index (χ3n) is 4.78. The number of ether oxygens (including phenoxy) is 3. The van der Waals surface area contributed by atoms with Gasteiger partial charge in [0.1, 0.15) is 17.3 Å². The van der Waals surface area contributed by atoms with E-state index in [1.165, 1.54) is 27.5 Å². The standard InChI is InChI=1S/C22H19N5O4/c1-29-16-9-14(10-17(30-2)19(16)31-3)18-21(26-22(28)13-7-5-4-6-8-13)27-20(25-18)15(11-23)12-24-27/h4-10,12,24H,1-3H3,(H,26,28). The summed E-state index contributed by atoms with van der Waals surface area (Å²) in [6.45, 7) is 0. The summed E-state index contributed by atoms with van der Waals surface area (Å²) in [4.78, 5) is 17.5. The first kappa shape index (κ1) is 19.8. The summed E-state index contributed by atoms with van der Waals surface area (Å²) in [6, 6.07) is 14.4. The average Bonchev–Trinajstić information content (AvgIpc) is 3.38. The Morgan fingerprint density at radius 1 is 1.10 bits per heavy atom. The van der Waals surface area contributed by atoms with E-state index in [0.717, 1.165) is 0 Å². The van der Waals surface area contributed by atoms with Crippen LogP contribution in [0.4, 0.5) is 5.82 Å². The molecule has 0 spiro atoms. The molecule has 0 bridgehead atoms. The number of fused-ring (bicyclic) bond motifs is 1. The summed E-state index contributed by atoms with van der Waals surface area (Å²) in [7, 11) is 4.55. The predicted molar refractivity (Wildman–Crippen MR) is 114 cm³/mol.